The standard InChI is InChI=1S/C6H7N.C5H4N4/c1-2-4-6-7-5-3-1;1-4-5(8-2-6-1)9-3-7-4/h1-7H;1-3H,(H,6,7,8,9). The van der Waals surface area contributed by atoms with Gasteiger partial charge in [0.15, 0.2) is 5.65 Å². The van der Waals surface area contributed by atoms with E-state index in [9.17, 15) is 0 Å². The van der Waals surface area contributed by atoms with E-state index < -0.39 is 0 Å². The molecule has 1 aliphatic heterocycles. The van der Waals surface area contributed by atoms with Crippen LogP contribution in [0.5, 0.6) is 0 Å². The predicted molar refractivity (Wildman–Crippen MR) is 62.2 cm³/mol. The summed E-state index contributed by atoms with van der Waals surface area (Å²) >= 11 is 0. The van der Waals surface area contributed by atoms with Gasteiger partial charge >= 0.3 is 0 Å². The molecule has 0 aromatic carbocycles. The zero-order chi connectivity index (χ0) is 11.1. The molecule has 3 rings (SSSR count). The van der Waals surface area contributed by atoms with Crippen LogP contribution >= 0.6 is 0 Å². The molecule has 5 heteroatoms. The van der Waals surface area contributed by atoms with E-state index in [0.29, 0.717) is 5.65 Å². The third-order valence-corrected chi connectivity index (χ3v) is 1.82. The second-order valence-corrected chi connectivity index (χ2v) is 2.93. The van der Waals surface area contributed by atoms with Gasteiger partial charge in [-0.1, -0.05) is 12.2 Å². The van der Waals surface area contributed by atoms with Gasteiger partial charge in [-0.3, -0.25) is 0 Å². The lowest BCUT2D eigenvalue weighted by Crippen LogP contribution is -1.87. The van der Waals surface area contributed by atoms with Crippen molar-refractivity contribution in [3.63, 3.8) is 0 Å². The molecule has 0 spiro atoms. The fraction of sp³-hybridized carbons (Fsp3) is 0. The molecule has 0 aliphatic carbocycles. The van der Waals surface area contributed by atoms with Gasteiger partial charge in [0.2, 0.25) is 0 Å². The second-order valence-electron chi connectivity index (χ2n) is 2.93. The number of aromatic amines is 1. The molecule has 0 radical (unpaired) electrons. The van der Waals surface area contributed by atoms with E-state index in [1.165, 1.54) is 6.33 Å². The molecule has 16 heavy (non-hydrogen) atoms. The summed E-state index contributed by atoms with van der Waals surface area (Å²) in [6.45, 7) is 0. The summed E-state index contributed by atoms with van der Waals surface area (Å²) in [7, 11) is 0. The molecular weight excluding hydrogens is 202 g/mol. The zero-order valence-electron chi connectivity index (χ0n) is 8.54. The largest absolute Gasteiger partial charge is 0.368 e. The van der Waals surface area contributed by atoms with E-state index in [2.05, 4.69) is 25.3 Å². The van der Waals surface area contributed by atoms with Crippen molar-refractivity contribution in [3.05, 3.63) is 55.6 Å². The molecule has 0 saturated heterocycles. The Morgan fingerprint density at radius 2 is 1.75 bits per heavy atom. The van der Waals surface area contributed by atoms with Crippen LogP contribution in [0.1, 0.15) is 0 Å². The lowest BCUT2D eigenvalue weighted by atomic mass is 10.5. The maximum Gasteiger partial charge on any atom is 0.180 e. The summed E-state index contributed by atoms with van der Waals surface area (Å²) in [6, 6.07) is 0. The first-order chi connectivity index (χ1) is 7.97. The average Bonchev–Trinajstić information content (AvgIpc) is 2.61. The lowest BCUT2D eigenvalue weighted by molar-refractivity contribution is 1.20. The molecule has 1 aliphatic rings. The Kier molecular flexibility index (Phi) is 3.44. The molecule has 0 atom stereocenters. The Hall–Kier alpha value is -2.43. The highest BCUT2D eigenvalue weighted by Crippen LogP contribution is 1.99. The SMILES string of the molecule is C1=CC=CNC=C1.c1ncc2[nH]cnc2n1. The Bertz CT molecular complexity index is 480. The highest BCUT2D eigenvalue weighted by Gasteiger charge is 1.91. The first kappa shape index (κ1) is 10.1. The average molecular weight is 213 g/mol. The summed E-state index contributed by atoms with van der Waals surface area (Å²) in [4.78, 5) is 14.5. The topological polar surface area (TPSA) is 66.5 Å². The molecular formula is C11H11N5. The van der Waals surface area contributed by atoms with Gasteiger partial charge < -0.3 is 10.3 Å². The summed E-state index contributed by atoms with van der Waals surface area (Å²) in [5.74, 6) is 0. The number of aromatic nitrogens is 4. The third kappa shape index (κ3) is 2.78. The molecule has 0 fully saturated rings. The maximum atomic E-state index is 3.91. The fourth-order valence-electron chi connectivity index (χ4n) is 1.10. The van der Waals surface area contributed by atoms with Gasteiger partial charge in [0.1, 0.15) is 11.8 Å². The first-order valence-corrected chi connectivity index (χ1v) is 4.80. The van der Waals surface area contributed by atoms with Crippen LogP contribution in [0.2, 0.25) is 0 Å². The summed E-state index contributed by atoms with van der Waals surface area (Å²) in [5.41, 5.74) is 1.59. The number of nitrogens with one attached hydrogen (secondary N) is 2. The highest BCUT2D eigenvalue weighted by atomic mass is 15.0. The van der Waals surface area contributed by atoms with Crippen LogP contribution in [0.15, 0.2) is 55.6 Å². The number of imidazole rings is 1. The lowest BCUT2D eigenvalue weighted by Gasteiger charge is -1.80. The Labute approximate surface area is 92.7 Å². The van der Waals surface area contributed by atoms with E-state index in [0.717, 1.165) is 5.52 Å². The minimum atomic E-state index is 0.713. The Morgan fingerprint density at radius 3 is 2.50 bits per heavy atom. The van der Waals surface area contributed by atoms with Gasteiger partial charge in [-0.05, 0) is 12.2 Å². The van der Waals surface area contributed by atoms with Crippen LogP contribution in [-0.2, 0) is 0 Å². The quantitative estimate of drug-likeness (QED) is 0.696. The van der Waals surface area contributed by atoms with E-state index >= 15 is 0 Å². The molecule has 5 nitrogen and oxygen atoms in total. The van der Waals surface area contributed by atoms with Crippen molar-refractivity contribution >= 4 is 11.2 Å². The van der Waals surface area contributed by atoms with Crippen molar-refractivity contribution in [1.29, 1.82) is 0 Å². The Balaban J connectivity index is 0.000000125. The Morgan fingerprint density at radius 1 is 0.938 bits per heavy atom. The van der Waals surface area contributed by atoms with E-state index in [1.54, 1.807) is 12.5 Å². The number of allylic oxidation sites excluding steroid dienone is 4. The monoisotopic (exact) mass is 213 g/mol. The van der Waals surface area contributed by atoms with E-state index in [1.807, 2.05) is 36.7 Å². The van der Waals surface area contributed by atoms with Crippen molar-refractivity contribution in [2.75, 3.05) is 0 Å². The number of hydrogen-bond acceptors (Lipinski definition) is 4. The van der Waals surface area contributed by atoms with Crippen LogP contribution in [0, 0.1) is 0 Å². The van der Waals surface area contributed by atoms with Crippen LogP contribution in [-0.4, -0.2) is 19.9 Å². The molecule has 80 valence electrons. The van der Waals surface area contributed by atoms with Crippen molar-refractivity contribution in [1.82, 2.24) is 25.3 Å². The van der Waals surface area contributed by atoms with Gasteiger partial charge in [-0.15, -0.1) is 0 Å². The summed E-state index contributed by atoms with van der Waals surface area (Å²) in [6.07, 6.45) is 16.3. The van der Waals surface area contributed by atoms with Crippen molar-refractivity contribution < 1.29 is 0 Å². The normalized spacial score (nSPS) is 12.8. The third-order valence-electron chi connectivity index (χ3n) is 1.82. The number of nitrogens with zero attached hydrogens (tertiary/aromatic N) is 3. The zero-order valence-corrected chi connectivity index (χ0v) is 8.54. The van der Waals surface area contributed by atoms with Crippen molar-refractivity contribution in [2.45, 2.75) is 0 Å². The van der Waals surface area contributed by atoms with Gasteiger partial charge in [0.25, 0.3) is 0 Å². The summed E-state index contributed by atoms with van der Waals surface area (Å²) in [5, 5.41) is 2.92. The highest BCUT2D eigenvalue weighted by molar-refractivity contribution is 5.67. The smallest absolute Gasteiger partial charge is 0.180 e. The van der Waals surface area contributed by atoms with Gasteiger partial charge in [0, 0.05) is 12.4 Å². The number of rotatable bonds is 0. The molecule has 2 aromatic rings. The van der Waals surface area contributed by atoms with Crippen LogP contribution in [0.25, 0.3) is 11.2 Å². The number of fused-ring (bicyclic) bond motifs is 1. The first-order valence-electron chi connectivity index (χ1n) is 4.80. The maximum absolute atomic E-state index is 3.91. The molecule has 0 saturated carbocycles. The fourth-order valence-corrected chi connectivity index (χ4v) is 1.10. The van der Waals surface area contributed by atoms with Crippen LogP contribution < -0.4 is 5.32 Å². The van der Waals surface area contributed by atoms with Crippen LogP contribution in [0.4, 0.5) is 0 Å². The van der Waals surface area contributed by atoms with Gasteiger partial charge in [-0.25, -0.2) is 15.0 Å². The van der Waals surface area contributed by atoms with E-state index in [-0.39, 0.29) is 0 Å². The summed E-state index contributed by atoms with van der Waals surface area (Å²) < 4.78 is 0. The molecule has 0 unspecified atom stereocenters. The van der Waals surface area contributed by atoms with Gasteiger partial charge in [0.05, 0.1) is 12.5 Å². The van der Waals surface area contributed by atoms with Gasteiger partial charge in [-0.2, -0.15) is 0 Å². The molecule has 0 amide bonds. The molecule has 3 heterocycles. The van der Waals surface area contributed by atoms with Crippen molar-refractivity contribution in [2.24, 2.45) is 0 Å². The van der Waals surface area contributed by atoms with Crippen LogP contribution in [0.3, 0.4) is 0 Å². The molecule has 2 N–H and O–H groups in total. The number of hydrogen-bond donors (Lipinski definition) is 2. The molecule has 0 bridgehead atoms. The molecule has 2 aromatic heterocycles. The van der Waals surface area contributed by atoms with Crippen molar-refractivity contribution in [3.8, 4) is 0 Å². The van der Waals surface area contributed by atoms with E-state index in [4.69, 9.17) is 0 Å². The second kappa shape index (κ2) is 5.45. The predicted octanol–water partition coefficient (Wildman–Crippen LogP) is 1.53. The minimum Gasteiger partial charge on any atom is -0.368 e. The minimum absolute atomic E-state index is 0.713. The number of H-pyrrole nitrogens is 1.